The predicted molar refractivity (Wildman–Crippen MR) is 149 cm³/mol. The molecule has 1 aliphatic heterocycles. The van der Waals surface area contributed by atoms with Crippen LogP contribution in [0.2, 0.25) is 10.0 Å². The van der Waals surface area contributed by atoms with Gasteiger partial charge < -0.3 is 18.9 Å². The summed E-state index contributed by atoms with van der Waals surface area (Å²) in [5.41, 5.74) is -0.456. The molecule has 3 aromatic rings. The summed E-state index contributed by atoms with van der Waals surface area (Å²) in [6, 6.07) is 7.49. The standard InChI is InChI=1S/C27H30Cl2FN3O5S/c1-7-35-21-9-8-15(10-19(21)29)23-31-32-24(39-23)17-11-20(30)22(12-18(17)28)36-13-16-14-37-27(5,6)33(16)25(34)38-26(2,3)4/h8-12,16H,7,13-14H2,1-6H3. The van der Waals surface area contributed by atoms with Gasteiger partial charge in [0.2, 0.25) is 0 Å². The number of ether oxygens (including phenoxy) is 4. The minimum absolute atomic E-state index is 0.0171. The number of carbonyl (C=O) groups is 1. The molecule has 210 valence electrons. The van der Waals surface area contributed by atoms with Crippen LogP contribution in [-0.4, -0.2) is 58.4 Å². The van der Waals surface area contributed by atoms with Crippen LogP contribution in [0.25, 0.3) is 21.1 Å². The number of amides is 1. The Balaban J connectivity index is 1.49. The predicted octanol–water partition coefficient (Wildman–Crippen LogP) is 7.47. The Hall–Kier alpha value is -2.66. The van der Waals surface area contributed by atoms with Crippen LogP contribution in [0.1, 0.15) is 41.5 Å². The highest BCUT2D eigenvalue weighted by molar-refractivity contribution is 7.18. The highest BCUT2D eigenvalue weighted by Gasteiger charge is 2.46. The molecule has 0 N–H and O–H groups in total. The van der Waals surface area contributed by atoms with Crippen molar-refractivity contribution in [2.75, 3.05) is 19.8 Å². The number of hydrogen-bond acceptors (Lipinski definition) is 8. The summed E-state index contributed by atoms with van der Waals surface area (Å²) in [5.74, 6) is -0.104. The monoisotopic (exact) mass is 597 g/mol. The van der Waals surface area contributed by atoms with E-state index in [1.807, 2.05) is 13.0 Å². The molecule has 12 heteroatoms. The zero-order valence-corrected chi connectivity index (χ0v) is 24.8. The summed E-state index contributed by atoms with van der Waals surface area (Å²) in [6.07, 6.45) is -0.534. The quantitative estimate of drug-likeness (QED) is 0.279. The lowest BCUT2D eigenvalue weighted by Gasteiger charge is -2.35. The summed E-state index contributed by atoms with van der Waals surface area (Å²) in [7, 11) is 0. The maximum absolute atomic E-state index is 15.1. The molecule has 1 unspecified atom stereocenters. The topological polar surface area (TPSA) is 83.0 Å². The van der Waals surface area contributed by atoms with E-state index in [-0.39, 0.29) is 24.0 Å². The Morgan fingerprint density at radius 1 is 1.13 bits per heavy atom. The minimum Gasteiger partial charge on any atom is -0.492 e. The Kier molecular flexibility index (Phi) is 8.61. The van der Waals surface area contributed by atoms with Crippen LogP contribution in [0.4, 0.5) is 9.18 Å². The molecule has 1 amide bonds. The van der Waals surface area contributed by atoms with E-state index in [2.05, 4.69) is 10.2 Å². The first-order valence-electron chi connectivity index (χ1n) is 12.3. The lowest BCUT2D eigenvalue weighted by molar-refractivity contribution is -0.0637. The number of carbonyl (C=O) groups excluding carboxylic acids is 1. The summed E-state index contributed by atoms with van der Waals surface area (Å²) >= 11 is 14.1. The molecule has 1 saturated heterocycles. The van der Waals surface area contributed by atoms with Crippen molar-refractivity contribution in [3.63, 3.8) is 0 Å². The molecule has 1 atom stereocenters. The number of nitrogens with zero attached hydrogens (tertiary/aromatic N) is 3. The van der Waals surface area contributed by atoms with Crippen LogP contribution < -0.4 is 9.47 Å². The molecule has 39 heavy (non-hydrogen) atoms. The number of rotatable bonds is 7. The Morgan fingerprint density at radius 3 is 2.51 bits per heavy atom. The molecule has 0 spiro atoms. The smallest absolute Gasteiger partial charge is 0.413 e. The zero-order valence-electron chi connectivity index (χ0n) is 22.5. The summed E-state index contributed by atoms with van der Waals surface area (Å²) < 4.78 is 37.7. The molecule has 2 heterocycles. The molecule has 4 rings (SSSR count). The van der Waals surface area contributed by atoms with Gasteiger partial charge in [0.1, 0.15) is 33.7 Å². The molecular formula is C27H30Cl2FN3O5S. The fourth-order valence-corrected chi connectivity index (χ4v) is 5.44. The molecule has 8 nitrogen and oxygen atoms in total. The van der Waals surface area contributed by atoms with Gasteiger partial charge in [-0.2, -0.15) is 0 Å². The van der Waals surface area contributed by atoms with Gasteiger partial charge in [-0.3, -0.25) is 4.90 Å². The normalized spacial score (nSPS) is 16.8. The van der Waals surface area contributed by atoms with Crippen molar-refractivity contribution in [3.05, 3.63) is 46.2 Å². The number of halogens is 3. The molecule has 1 fully saturated rings. The fraction of sp³-hybridized carbons (Fsp3) is 0.444. The van der Waals surface area contributed by atoms with E-state index in [1.165, 1.54) is 28.4 Å². The minimum atomic E-state index is -0.903. The van der Waals surface area contributed by atoms with E-state index in [4.69, 9.17) is 42.1 Å². The van der Waals surface area contributed by atoms with Gasteiger partial charge in [-0.25, -0.2) is 9.18 Å². The third kappa shape index (κ3) is 6.74. The van der Waals surface area contributed by atoms with E-state index in [0.717, 1.165) is 5.56 Å². The van der Waals surface area contributed by atoms with Gasteiger partial charge in [0.25, 0.3) is 0 Å². The molecule has 1 aromatic heterocycles. The second-order valence-corrected chi connectivity index (χ2v) is 12.1. The summed E-state index contributed by atoms with van der Waals surface area (Å²) in [6.45, 7) is 11.5. The third-order valence-electron chi connectivity index (χ3n) is 5.75. The van der Waals surface area contributed by atoms with Crippen molar-refractivity contribution in [2.24, 2.45) is 0 Å². The first-order chi connectivity index (χ1) is 18.3. The van der Waals surface area contributed by atoms with Gasteiger partial charge in [0, 0.05) is 17.2 Å². The fourth-order valence-electron chi connectivity index (χ4n) is 4.03. The van der Waals surface area contributed by atoms with Gasteiger partial charge in [0.15, 0.2) is 11.6 Å². The van der Waals surface area contributed by atoms with Crippen molar-refractivity contribution < 1.29 is 28.1 Å². The van der Waals surface area contributed by atoms with Gasteiger partial charge in [-0.05, 0) is 65.8 Å². The third-order valence-corrected chi connectivity index (χ3v) is 7.37. The van der Waals surface area contributed by atoms with Gasteiger partial charge in [-0.1, -0.05) is 34.5 Å². The second-order valence-electron chi connectivity index (χ2n) is 10.3. The van der Waals surface area contributed by atoms with Crippen molar-refractivity contribution >= 4 is 40.6 Å². The van der Waals surface area contributed by atoms with Crippen LogP contribution in [0.3, 0.4) is 0 Å². The van der Waals surface area contributed by atoms with E-state index >= 15 is 4.39 Å². The van der Waals surface area contributed by atoms with Crippen molar-refractivity contribution in [1.29, 1.82) is 0 Å². The molecule has 0 saturated carbocycles. The van der Waals surface area contributed by atoms with Crippen LogP contribution in [0.5, 0.6) is 11.5 Å². The molecule has 0 radical (unpaired) electrons. The largest absolute Gasteiger partial charge is 0.492 e. The van der Waals surface area contributed by atoms with Gasteiger partial charge >= 0.3 is 6.09 Å². The maximum Gasteiger partial charge on any atom is 0.413 e. The molecule has 0 bridgehead atoms. The Bertz CT molecular complexity index is 1360. The van der Waals surface area contributed by atoms with Gasteiger partial charge in [0.05, 0.1) is 29.3 Å². The number of aromatic nitrogens is 2. The Labute approximate surface area is 240 Å². The van der Waals surface area contributed by atoms with Crippen LogP contribution in [-0.2, 0) is 9.47 Å². The lowest BCUT2D eigenvalue weighted by atomic mass is 10.2. The highest BCUT2D eigenvalue weighted by Crippen LogP contribution is 2.39. The first kappa shape index (κ1) is 29.3. The SMILES string of the molecule is CCOc1ccc(-c2nnc(-c3cc(F)c(OCC4COC(C)(C)N4C(=O)OC(C)(C)C)cc3Cl)s2)cc1Cl. The highest BCUT2D eigenvalue weighted by atomic mass is 35.5. The first-order valence-corrected chi connectivity index (χ1v) is 13.9. The maximum atomic E-state index is 15.1. The van der Waals surface area contributed by atoms with Crippen LogP contribution in [0.15, 0.2) is 30.3 Å². The van der Waals surface area contributed by atoms with Crippen LogP contribution in [0, 0.1) is 5.82 Å². The van der Waals surface area contributed by atoms with Crippen LogP contribution >= 0.6 is 34.5 Å². The molecular weight excluding hydrogens is 568 g/mol. The molecule has 1 aliphatic rings. The molecule has 2 aromatic carbocycles. The number of hydrogen-bond donors (Lipinski definition) is 0. The summed E-state index contributed by atoms with van der Waals surface area (Å²) in [5, 5.41) is 10.1. The van der Waals surface area contributed by atoms with E-state index in [1.54, 1.807) is 46.8 Å². The van der Waals surface area contributed by atoms with Crippen molar-refractivity contribution in [1.82, 2.24) is 15.1 Å². The van der Waals surface area contributed by atoms with Gasteiger partial charge in [-0.15, -0.1) is 10.2 Å². The van der Waals surface area contributed by atoms with Crippen molar-refractivity contribution in [3.8, 4) is 32.6 Å². The molecule has 0 aliphatic carbocycles. The Morgan fingerprint density at radius 2 is 1.85 bits per heavy atom. The average molecular weight is 599 g/mol. The number of benzene rings is 2. The van der Waals surface area contributed by atoms with E-state index < -0.39 is 29.3 Å². The average Bonchev–Trinajstić information content (AvgIpc) is 3.44. The summed E-state index contributed by atoms with van der Waals surface area (Å²) in [4.78, 5) is 14.3. The van der Waals surface area contributed by atoms with E-state index in [9.17, 15) is 4.79 Å². The van der Waals surface area contributed by atoms with E-state index in [0.29, 0.717) is 33.0 Å². The zero-order chi connectivity index (χ0) is 28.5. The second kappa shape index (κ2) is 11.4. The lowest BCUT2D eigenvalue weighted by Crippen LogP contribution is -2.51. The van der Waals surface area contributed by atoms with Crippen molar-refractivity contribution in [2.45, 2.75) is 58.9 Å².